The normalized spacial score (nSPS) is 13.8. The molecular weight excluding hydrogens is 166 g/mol. The van der Waals surface area contributed by atoms with E-state index in [1.165, 1.54) is 10.4 Å². The van der Waals surface area contributed by atoms with Crippen LogP contribution in [0, 0.1) is 12.8 Å². The van der Waals surface area contributed by atoms with Crippen LogP contribution in [0.4, 0.5) is 0 Å². The Morgan fingerprint density at radius 1 is 1.50 bits per heavy atom. The Labute approximate surface area is 78.6 Å². The van der Waals surface area contributed by atoms with Gasteiger partial charge in [0, 0.05) is 10.9 Å². The smallest absolute Gasteiger partial charge is 0.0394 e. The third-order valence-electron chi connectivity index (χ3n) is 1.96. The summed E-state index contributed by atoms with van der Waals surface area (Å²) in [4.78, 5) is 1.35. The lowest BCUT2D eigenvalue weighted by molar-refractivity contribution is 0.514. The average Bonchev–Trinajstić information content (AvgIpc) is 2.33. The largest absolute Gasteiger partial charge is 0.323 e. The maximum atomic E-state index is 6.05. The maximum Gasteiger partial charge on any atom is 0.0394 e. The molecule has 1 unspecified atom stereocenters. The highest BCUT2D eigenvalue weighted by Gasteiger charge is 2.11. The molecule has 12 heavy (non-hydrogen) atoms. The number of aryl methyl sites for hydroxylation is 1. The Hall–Kier alpha value is -0.340. The topological polar surface area (TPSA) is 26.0 Å². The molecule has 1 rings (SSSR count). The molecule has 0 aliphatic carbocycles. The van der Waals surface area contributed by atoms with Gasteiger partial charge in [-0.2, -0.15) is 0 Å². The Morgan fingerprint density at radius 3 is 2.58 bits per heavy atom. The van der Waals surface area contributed by atoms with Gasteiger partial charge < -0.3 is 5.73 Å². The molecule has 1 aromatic rings. The van der Waals surface area contributed by atoms with Crippen molar-refractivity contribution in [3.63, 3.8) is 0 Å². The first-order valence-corrected chi connectivity index (χ1v) is 5.28. The third kappa shape index (κ3) is 2.32. The number of thiophene rings is 1. The van der Waals surface area contributed by atoms with Crippen LogP contribution in [0.2, 0.25) is 0 Å². The molecule has 0 saturated heterocycles. The van der Waals surface area contributed by atoms with Crippen LogP contribution >= 0.6 is 11.3 Å². The van der Waals surface area contributed by atoms with Gasteiger partial charge in [-0.25, -0.2) is 0 Å². The predicted octanol–water partition coefficient (Wildman–Crippen LogP) is 3.10. The molecule has 0 aromatic carbocycles. The van der Waals surface area contributed by atoms with Crippen LogP contribution in [0.5, 0.6) is 0 Å². The number of hydrogen-bond acceptors (Lipinski definition) is 2. The van der Waals surface area contributed by atoms with Crippen LogP contribution in [0.1, 0.15) is 36.8 Å². The van der Waals surface area contributed by atoms with Crippen molar-refractivity contribution in [1.82, 2.24) is 0 Å². The van der Waals surface area contributed by atoms with E-state index >= 15 is 0 Å². The van der Waals surface area contributed by atoms with Crippen molar-refractivity contribution in [2.24, 2.45) is 11.7 Å². The van der Waals surface area contributed by atoms with Crippen molar-refractivity contribution < 1.29 is 0 Å². The fourth-order valence-corrected chi connectivity index (χ4v) is 2.32. The zero-order chi connectivity index (χ0) is 9.14. The van der Waals surface area contributed by atoms with Crippen molar-refractivity contribution >= 4 is 11.3 Å². The summed E-state index contributed by atoms with van der Waals surface area (Å²) in [6.07, 6.45) is 1.08. The quantitative estimate of drug-likeness (QED) is 0.765. The monoisotopic (exact) mass is 183 g/mol. The summed E-state index contributed by atoms with van der Waals surface area (Å²) in [5.74, 6) is 0.682. The molecule has 0 amide bonds. The molecule has 1 heterocycles. The molecule has 1 aromatic heterocycles. The number of hydrogen-bond donors (Lipinski definition) is 1. The molecule has 2 heteroatoms. The molecule has 0 fully saturated rings. The van der Waals surface area contributed by atoms with Crippen LogP contribution in [0.15, 0.2) is 11.4 Å². The highest BCUT2D eigenvalue weighted by atomic mass is 32.1. The standard InChI is InChI=1S/C10H17NS/c1-7(2)6-9(11)10-8(3)4-5-12-10/h4-5,7,9H,6,11H2,1-3H3. The van der Waals surface area contributed by atoms with Gasteiger partial charge in [0.05, 0.1) is 0 Å². The second-order valence-corrected chi connectivity index (χ2v) is 4.65. The minimum atomic E-state index is 0.241. The van der Waals surface area contributed by atoms with Crippen molar-refractivity contribution in [1.29, 1.82) is 0 Å². The molecule has 1 atom stereocenters. The van der Waals surface area contributed by atoms with Crippen molar-refractivity contribution in [2.45, 2.75) is 33.2 Å². The summed E-state index contributed by atoms with van der Waals surface area (Å²) >= 11 is 1.77. The molecule has 2 N–H and O–H groups in total. The first kappa shape index (κ1) is 9.75. The van der Waals surface area contributed by atoms with Crippen LogP contribution in [0.3, 0.4) is 0 Å². The summed E-state index contributed by atoms with van der Waals surface area (Å²) in [7, 11) is 0. The van der Waals surface area contributed by atoms with Gasteiger partial charge >= 0.3 is 0 Å². The van der Waals surface area contributed by atoms with Gasteiger partial charge in [-0.05, 0) is 36.3 Å². The molecule has 0 bridgehead atoms. The van der Waals surface area contributed by atoms with E-state index in [0.717, 1.165) is 6.42 Å². The van der Waals surface area contributed by atoms with E-state index in [9.17, 15) is 0 Å². The van der Waals surface area contributed by atoms with Crippen LogP contribution in [-0.4, -0.2) is 0 Å². The van der Waals surface area contributed by atoms with Gasteiger partial charge in [-0.15, -0.1) is 11.3 Å². The van der Waals surface area contributed by atoms with Crippen LogP contribution in [0.25, 0.3) is 0 Å². The third-order valence-corrected chi connectivity index (χ3v) is 3.11. The molecular formula is C10H17NS. The number of nitrogens with two attached hydrogens (primary N) is 1. The first-order chi connectivity index (χ1) is 5.61. The lowest BCUT2D eigenvalue weighted by Crippen LogP contribution is -2.12. The van der Waals surface area contributed by atoms with Gasteiger partial charge in [0.2, 0.25) is 0 Å². The second-order valence-electron chi connectivity index (χ2n) is 3.70. The SMILES string of the molecule is Cc1ccsc1C(N)CC(C)C. The van der Waals surface area contributed by atoms with E-state index in [0.29, 0.717) is 5.92 Å². The van der Waals surface area contributed by atoms with Gasteiger partial charge in [-0.1, -0.05) is 13.8 Å². The molecule has 0 saturated carbocycles. The number of rotatable bonds is 3. The van der Waals surface area contributed by atoms with Crippen molar-refractivity contribution in [2.75, 3.05) is 0 Å². The van der Waals surface area contributed by atoms with Crippen LogP contribution in [-0.2, 0) is 0 Å². The average molecular weight is 183 g/mol. The maximum absolute atomic E-state index is 6.05. The highest BCUT2D eigenvalue weighted by molar-refractivity contribution is 7.10. The van der Waals surface area contributed by atoms with E-state index < -0.39 is 0 Å². The lowest BCUT2D eigenvalue weighted by atomic mass is 10.0. The molecule has 0 aliphatic rings. The Balaban J connectivity index is 2.65. The zero-order valence-corrected chi connectivity index (χ0v) is 8.82. The molecule has 0 aliphatic heterocycles. The summed E-state index contributed by atoms with van der Waals surface area (Å²) in [5.41, 5.74) is 7.39. The van der Waals surface area contributed by atoms with Crippen molar-refractivity contribution in [3.8, 4) is 0 Å². The van der Waals surface area contributed by atoms with Gasteiger partial charge in [0.25, 0.3) is 0 Å². The first-order valence-electron chi connectivity index (χ1n) is 4.41. The van der Waals surface area contributed by atoms with E-state index in [-0.39, 0.29) is 6.04 Å². The van der Waals surface area contributed by atoms with Gasteiger partial charge in [-0.3, -0.25) is 0 Å². The summed E-state index contributed by atoms with van der Waals surface area (Å²) < 4.78 is 0. The lowest BCUT2D eigenvalue weighted by Gasteiger charge is -2.13. The molecule has 1 nitrogen and oxygen atoms in total. The Bertz CT molecular complexity index is 240. The van der Waals surface area contributed by atoms with Gasteiger partial charge in [0.15, 0.2) is 0 Å². The van der Waals surface area contributed by atoms with E-state index in [1.807, 2.05) is 0 Å². The van der Waals surface area contributed by atoms with E-state index in [2.05, 4.69) is 32.2 Å². The summed E-state index contributed by atoms with van der Waals surface area (Å²) in [6, 6.07) is 2.38. The predicted molar refractivity (Wildman–Crippen MR) is 55.4 cm³/mol. The highest BCUT2D eigenvalue weighted by Crippen LogP contribution is 2.26. The summed E-state index contributed by atoms with van der Waals surface area (Å²) in [6.45, 7) is 6.55. The Kier molecular flexibility index (Phi) is 3.29. The minimum absolute atomic E-state index is 0.241. The zero-order valence-electron chi connectivity index (χ0n) is 8.00. The molecule has 0 spiro atoms. The van der Waals surface area contributed by atoms with E-state index in [1.54, 1.807) is 11.3 Å². The van der Waals surface area contributed by atoms with Crippen molar-refractivity contribution in [3.05, 3.63) is 21.9 Å². The minimum Gasteiger partial charge on any atom is -0.323 e. The fourth-order valence-electron chi connectivity index (χ4n) is 1.38. The second kappa shape index (κ2) is 4.06. The van der Waals surface area contributed by atoms with Crippen LogP contribution < -0.4 is 5.73 Å². The Morgan fingerprint density at radius 2 is 2.17 bits per heavy atom. The van der Waals surface area contributed by atoms with E-state index in [4.69, 9.17) is 5.73 Å². The van der Waals surface area contributed by atoms with Gasteiger partial charge in [0.1, 0.15) is 0 Å². The molecule has 68 valence electrons. The molecule has 0 radical (unpaired) electrons. The fraction of sp³-hybridized carbons (Fsp3) is 0.600. The summed E-state index contributed by atoms with van der Waals surface area (Å²) in [5, 5.41) is 2.12.